The van der Waals surface area contributed by atoms with Crippen LogP contribution >= 0.6 is 31.9 Å². The van der Waals surface area contributed by atoms with Crippen LogP contribution in [0.5, 0.6) is 11.6 Å². The minimum atomic E-state index is 0.608. The molecule has 0 spiro atoms. The molecule has 0 radical (unpaired) electrons. The Morgan fingerprint density at radius 3 is 2.47 bits per heavy atom. The molecule has 0 amide bonds. The molecule has 2 nitrogen and oxygen atoms in total. The van der Waals surface area contributed by atoms with E-state index >= 15 is 0 Å². The van der Waals surface area contributed by atoms with Gasteiger partial charge in [-0.15, -0.1) is 0 Å². The molecule has 0 N–H and O–H groups in total. The van der Waals surface area contributed by atoms with Crippen LogP contribution in [0.1, 0.15) is 11.3 Å². The number of aromatic nitrogens is 1. The van der Waals surface area contributed by atoms with E-state index in [1.807, 2.05) is 44.2 Å². The standard InChI is InChI=1S/C13H11Br2NO/c1-8-7-10(14)3-5-12(8)17-13-6-4-11(15)9(2)16-13/h3-7H,1-2H3. The monoisotopic (exact) mass is 355 g/mol. The van der Waals surface area contributed by atoms with Crippen molar-refractivity contribution < 1.29 is 4.74 Å². The molecule has 0 fully saturated rings. The van der Waals surface area contributed by atoms with E-state index in [2.05, 4.69) is 36.8 Å². The SMILES string of the molecule is Cc1cc(Br)ccc1Oc1ccc(Br)c(C)n1. The number of nitrogens with zero attached hydrogens (tertiary/aromatic N) is 1. The number of rotatable bonds is 2. The Balaban J connectivity index is 2.28. The molecule has 88 valence electrons. The number of benzene rings is 1. The van der Waals surface area contributed by atoms with Gasteiger partial charge in [-0.05, 0) is 59.6 Å². The molecule has 4 heteroatoms. The largest absolute Gasteiger partial charge is 0.439 e. The third-order valence-corrected chi connectivity index (χ3v) is 3.68. The zero-order valence-corrected chi connectivity index (χ0v) is 12.7. The Morgan fingerprint density at radius 1 is 1.06 bits per heavy atom. The fourth-order valence-corrected chi connectivity index (χ4v) is 2.11. The van der Waals surface area contributed by atoms with Gasteiger partial charge in [-0.3, -0.25) is 0 Å². The Bertz CT molecular complexity index is 555. The average molecular weight is 357 g/mol. The zero-order valence-electron chi connectivity index (χ0n) is 9.50. The van der Waals surface area contributed by atoms with E-state index in [-0.39, 0.29) is 0 Å². The third kappa shape index (κ3) is 3.07. The summed E-state index contributed by atoms with van der Waals surface area (Å²) in [6.07, 6.45) is 0. The van der Waals surface area contributed by atoms with E-state index in [0.717, 1.165) is 26.0 Å². The summed E-state index contributed by atoms with van der Waals surface area (Å²) >= 11 is 6.84. The van der Waals surface area contributed by atoms with Crippen LogP contribution in [0.15, 0.2) is 39.3 Å². The highest BCUT2D eigenvalue weighted by Gasteiger charge is 2.04. The Labute approximate surface area is 117 Å². The molecule has 0 bridgehead atoms. The van der Waals surface area contributed by atoms with Gasteiger partial charge in [-0.2, -0.15) is 0 Å². The van der Waals surface area contributed by atoms with E-state index in [4.69, 9.17) is 4.74 Å². The second-order valence-corrected chi connectivity index (χ2v) is 5.50. The van der Waals surface area contributed by atoms with Gasteiger partial charge >= 0.3 is 0 Å². The summed E-state index contributed by atoms with van der Waals surface area (Å²) in [5, 5.41) is 0. The first-order valence-corrected chi connectivity index (χ1v) is 6.72. The van der Waals surface area contributed by atoms with Crippen molar-refractivity contribution >= 4 is 31.9 Å². The summed E-state index contributed by atoms with van der Waals surface area (Å²) < 4.78 is 7.77. The maximum atomic E-state index is 5.75. The highest BCUT2D eigenvalue weighted by molar-refractivity contribution is 9.10. The molecule has 0 saturated carbocycles. The minimum absolute atomic E-state index is 0.608. The van der Waals surface area contributed by atoms with Crippen molar-refractivity contribution in [2.75, 3.05) is 0 Å². The van der Waals surface area contributed by atoms with Crippen LogP contribution in [0.2, 0.25) is 0 Å². The van der Waals surface area contributed by atoms with Crippen molar-refractivity contribution in [1.29, 1.82) is 0 Å². The fourth-order valence-electron chi connectivity index (χ4n) is 1.42. The van der Waals surface area contributed by atoms with Crippen LogP contribution in [0.3, 0.4) is 0 Å². The van der Waals surface area contributed by atoms with Gasteiger partial charge in [0.15, 0.2) is 0 Å². The first-order chi connectivity index (χ1) is 8.06. The summed E-state index contributed by atoms with van der Waals surface area (Å²) in [6.45, 7) is 3.94. The van der Waals surface area contributed by atoms with Crippen LogP contribution < -0.4 is 4.74 Å². The second-order valence-electron chi connectivity index (χ2n) is 3.73. The van der Waals surface area contributed by atoms with Crippen LogP contribution in [-0.4, -0.2) is 4.98 Å². The quantitative estimate of drug-likeness (QED) is 0.754. The molecule has 17 heavy (non-hydrogen) atoms. The summed E-state index contributed by atoms with van der Waals surface area (Å²) in [6, 6.07) is 9.68. The first-order valence-electron chi connectivity index (χ1n) is 5.13. The molecule has 1 aromatic heterocycles. The predicted octanol–water partition coefficient (Wildman–Crippen LogP) is 5.02. The molecule has 0 saturated heterocycles. The molecular weight excluding hydrogens is 346 g/mol. The second kappa shape index (κ2) is 5.19. The maximum Gasteiger partial charge on any atom is 0.219 e. The highest BCUT2D eigenvalue weighted by atomic mass is 79.9. The van der Waals surface area contributed by atoms with Gasteiger partial charge in [0, 0.05) is 15.0 Å². The molecule has 2 aromatic rings. The molecule has 2 rings (SSSR count). The van der Waals surface area contributed by atoms with Crippen LogP contribution in [0.25, 0.3) is 0 Å². The number of hydrogen-bond donors (Lipinski definition) is 0. The van der Waals surface area contributed by atoms with Gasteiger partial charge in [-0.1, -0.05) is 15.9 Å². The molecule has 1 aromatic carbocycles. The van der Waals surface area contributed by atoms with Crippen molar-refractivity contribution in [3.63, 3.8) is 0 Å². The maximum absolute atomic E-state index is 5.75. The van der Waals surface area contributed by atoms with Crippen molar-refractivity contribution in [2.24, 2.45) is 0 Å². The van der Waals surface area contributed by atoms with E-state index in [1.165, 1.54) is 0 Å². The van der Waals surface area contributed by atoms with Gasteiger partial charge < -0.3 is 4.74 Å². The summed E-state index contributed by atoms with van der Waals surface area (Å²) in [5.74, 6) is 1.43. The molecule has 0 unspecified atom stereocenters. The lowest BCUT2D eigenvalue weighted by Crippen LogP contribution is -1.92. The van der Waals surface area contributed by atoms with Gasteiger partial charge in [0.05, 0.1) is 5.69 Å². The summed E-state index contributed by atoms with van der Waals surface area (Å²) in [4.78, 5) is 4.35. The highest BCUT2D eigenvalue weighted by Crippen LogP contribution is 2.27. The first kappa shape index (κ1) is 12.6. The molecule has 0 atom stereocenters. The van der Waals surface area contributed by atoms with Gasteiger partial charge in [0.1, 0.15) is 5.75 Å². The number of ether oxygens (including phenoxy) is 1. The van der Waals surface area contributed by atoms with E-state index < -0.39 is 0 Å². The van der Waals surface area contributed by atoms with Crippen LogP contribution in [-0.2, 0) is 0 Å². The summed E-state index contributed by atoms with van der Waals surface area (Å²) in [5.41, 5.74) is 1.99. The van der Waals surface area contributed by atoms with Gasteiger partial charge in [-0.25, -0.2) is 4.98 Å². The van der Waals surface area contributed by atoms with Gasteiger partial charge in [0.2, 0.25) is 5.88 Å². The lowest BCUT2D eigenvalue weighted by molar-refractivity contribution is 0.458. The summed E-state index contributed by atoms with van der Waals surface area (Å²) in [7, 11) is 0. The molecular formula is C13H11Br2NO. The zero-order chi connectivity index (χ0) is 12.4. The predicted molar refractivity (Wildman–Crippen MR) is 75.6 cm³/mol. The average Bonchev–Trinajstić information content (AvgIpc) is 2.27. The fraction of sp³-hybridized carbons (Fsp3) is 0.154. The third-order valence-electron chi connectivity index (χ3n) is 2.35. The minimum Gasteiger partial charge on any atom is -0.439 e. The van der Waals surface area contributed by atoms with Crippen molar-refractivity contribution in [3.8, 4) is 11.6 Å². The van der Waals surface area contributed by atoms with Crippen LogP contribution in [0.4, 0.5) is 0 Å². The number of halogens is 2. The number of aryl methyl sites for hydroxylation is 2. The van der Waals surface area contributed by atoms with Crippen molar-refractivity contribution in [3.05, 3.63) is 50.5 Å². The lowest BCUT2D eigenvalue weighted by Gasteiger charge is -2.09. The number of hydrogen-bond acceptors (Lipinski definition) is 2. The number of pyridine rings is 1. The molecule has 0 aliphatic carbocycles. The molecule has 0 aliphatic heterocycles. The van der Waals surface area contributed by atoms with E-state index in [1.54, 1.807) is 0 Å². The van der Waals surface area contributed by atoms with E-state index in [0.29, 0.717) is 5.88 Å². The van der Waals surface area contributed by atoms with Crippen LogP contribution in [0, 0.1) is 13.8 Å². The molecule has 1 heterocycles. The van der Waals surface area contributed by atoms with Crippen molar-refractivity contribution in [2.45, 2.75) is 13.8 Å². The molecule has 0 aliphatic rings. The smallest absolute Gasteiger partial charge is 0.219 e. The van der Waals surface area contributed by atoms with E-state index in [9.17, 15) is 0 Å². The lowest BCUT2D eigenvalue weighted by atomic mass is 10.2. The van der Waals surface area contributed by atoms with Crippen molar-refractivity contribution in [1.82, 2.24) is 4.98 Å². The topological polar surface area (TPSA) is 22.1 Å². The normalized spacial score (nSPS) is 10.4. The Morgan fingerprint density at radius 2 is 1.82 bits per heavy atom. The Hall–Kier alpha value is -0.870. The van der Waals surface area contributed by atoms with Gasteiger partial charge in [0.25, 0.3) is 0 Å². The Kier molecular flexibility index (Phi) is 3.84.